The minimum atomic E-state index is -0.376. The number of anilines is 2. The molecule has 172 valence electrons. The highest BCUT2D eigenvalue weighted by Crippen LogP contribution is 2.33. The predicted octanol–water partition coefficient (Wildman–Crippen LogP) is 4.33. The molecule has 2 aromatic carbocycles. The SMILES string of the molecule is CCc1ccc2nc(N3CCN(C(=O)c4ccc(N5CCCC5)c([N+](=O)[O-])c4)CC3)sc2c1. The number of piperazine rings is 1. The number of fused-ring (bicyclic) bond motifs is 1. The molecule has 0 atom stereocenters. The number of nitro benzene ring substituents is 1. The third kappa shape index (κ3) is 4.25. The van der Waals surface area contributed by atoms with Crippen LogP contribution in [0.4, 0.5) is 16.5 Å². The second-order valence-electron chi connectivity index (χ2n) is 8.59. The summed E-state index contributed by atoms with van der Waals surface area (Å²) in [4.78, 5) is 35.3. The Hall–Kier alpha value is -3.20. The lowest BCUT2D eigenvalue weighted by atomic mass is 10.1. The van der Waals surface area contributed by atoms with Gasteiger partial charge in [0, 0.05) is 50.9 Å². The van der Waals surface area contributed by atoms with Gasteiger partial charge in [0.1, 0.15) is 5.69 Å². The first kappa shape index (κ1) is 21.6. The van der Waals surface area contributed by atoms with E-state index in [1.165, 1.54) is 16.3 Å². The number of hydrogen-bond acceptors (Lipinski definition) is 7. The molecule has 2 aliphatic heterocycles. The molecule has 0 bridgehead atoms. The van der Waals surface area contributed by atoms with Crippen molar-refractivity contribution < 1.29 is 9.72 Å². The Morgan fingerprint density at radius 2 is 1.79 bits per heavy atom. The van der Waals surface area contributed by atoms with Crippen molar-refractivity contribution in [3.63, 3.8) is 0 Å². The topological polar surface area (TPSA) is 82.8 Å². The second-order valence-corrected chi connectivity index (χ2v) is 9.60. The van der Waals surface area contributed by atoms with E-state index in [1.807, 2.05) is 4.90 Å². The van der Waals surface area contributed by atoms with Crippen LogP contribution in [0.15, 0.2) is 36.4 Å². The van der Waals surface area contributed by atoms with Crippen LogP contribution in [-0.4, -0.2) is 60.0 Å². The molecule has 33 heavy (non-hydrogen) atoms. The molecule has 3 aromatic rings. The van der Waals surface area contributed by atoms with Crippen LogP contribution in [0.5, 0.6) is 0 Å². The third-order valence-electron chi connectivity index (χ3n) is 6.55. The number of nitro groups is 1. The fraction of sp³-hybridized carbons (Fsp3) is 0.417. The lowest BCUT2D eigenvalue weighted by molar-refractivity contribution is -0.384. The molecule has 5 rings (SSSR count). The fourth-order valence-corrected chi connectivity index (χ4v) is 5.70. The van der Waals surface area contributed by atoms with Crippen molar-refractivity contribution in [3.05, 3.63) is 57.6 Å². The van der Waals surface area contributed by atoms with E-state index in [9.17, 15) is 14.9 Å². The quantitative estimate of drug-likeness (QED) is 0.412. The summed E-state index contributed by atoms with van der Waals surface area (Å²) < 4.78 is 1.19. The zero-order chi connectivity index (χ0) is 22.9. The zero-order valence-electron chi connectivity index (χ0n) is 18.7. The number of carbonyl (C=O) groups is 1. The summed E-state index contributed by atoms with van der Waals surface area (Å²) >= 11 is 1.69. The van der Waals surface area contributed by atoms with E-state index < -0.39 is 0 Å². The first-order chi connectivity index (χ1) is 16.0. The number of nitrogens with zero attached hydrogens (tertiary/aromatic N) is 5. The van der Waals surface area contributed by atoms with Crippen molar-refractivity contribution >= 4 is 44.0 Å². The van der Waals surface area contributed by atoms with Gasteiger partial charge in [0.25, 0.3) is 11.6 Å². The maximum Gasteiger partial charge on any atom is 0.293 e. The molecule has 0 unspecified atom stereocenters. The summed E-state index contributed by atoms with van der Waals surface area (Å²) in [6, 6.07) is 11.3. The second kappa shape index (κ2) is 8.97. The number of aromatic nitrogens is 1. The third-order valence-corrected chi connectivity index (χ3v) is 7.63. The Morgan fingerprint density at radius 1 is 1.03 bits per heavy atom. The molecule has 0 N–H and O–H groups in total. The molecule has 0 saturated carbocycles. The van der Waals surface area contributed by atoms with Crippen LogP contribution in [0.25, 0.3) is 10.2 Å². The van der Waals surface area contributed by atoms with Crippen molar-refractivity contribution in [1.82, 2.24) is 9.88 Å². The fourth-order valence-electron chi connectivity index (χ4n) is 4.62. The molecular weight excluding hydrogens is 438 g/mol. The molecule has 2 saturated heterocycles. The van der Waals surface area contributed by atoms with Crippen LogP contribution < -0.4 is 9.80 Å². The minimum Gasteiger partial charge on any atom is -0.366 e. The largest absolute Gasteiger partial charge is 0.366 e. The Morgan fingerprint density at radius 3 is 2.48 bits per heavy atom. The molecule has 0 spiro atoms. The monoisotopic (exact) mass is 465 g/mol. The molecule has 3 heterocycles. The van der Waals surface area contributed by atoms with Gasteiger partial charge in [0.2, 0.25) is 0 Å². The summed E-state index contributed by atoms with van der Waals surface area (Å²) in [5, 5.41) is 12.7. The van der Waals surface area contributed by atoms with Crippen molar-refractivity contribution in [2.45, 2.75) is 26.2 Å². The van der Waals surface area contributed by atoms with Gasteiger partial charge in [-0.25, -0.2) is 4.98 Å². The molecule has 8 nitrogen and oxygen atoms in total. The average molecular weight is 466 g/mol. The highest BCUT2D eigenvalue weighted by molar-refractivity contribution is 7.22. The van der Waals surface area contributed by atoms with Crippen molar-refractivity contribution in [2.24, 2.45) is 0 Å². The van der Waals surface area contributed by atoms with Crippen molar-refractivity contribution in [2.75, 3.05) is 49.1 Å². The van der Waals surface area contributed by atoms with Gasteiger partial charge < -0.3 is 14.7 Å². The Labute approximate surface area is 196 Å². The van der Waals surface area contributed by atoms with Crippen LogP contribution in [0.2, 0.25) is 0 Å². The Kier molecular flexibility index (Phi) is 5.88. The molecular formula is C24H27N5O3S. The van der Waals surface area contributed by atoms with Crippen LogP contribution in [-0.2, 0) is 6.42 Å². The van der Waals surface area contributed by atoms with Gasteiger partial charge in [-0.2, -0.15) is 0 Å². The molecule has 2 fully saturated rings. The van der Waals surface area contributed by atoms with Crippen LogP contribution in [0, 0.1) is 10.1 Å². The number of rotatable bonds is 5. The highest BCUT2D eigenvalue weighted by atomic mass is 32.1. The molecule has 0 radical (unpaired) electrons. The summed E-state index contributed by atoms with van der Waals surface area (Å²) in [5.41, 5.74) is 3.32. The molecule has 9 heteroatoms. The average Bonchev–Trinajstić information content (AvgIpc) is 3.53. The van der Waals surface area contributed by atoms with Gasteiger partial charge in [-0.1, -0.05) is 24.3 Å². The van der Waals surface area contributed by atoms with E-state index in [4.69, 9.17) is 4.98 Å². The molecule has 1 amide bonds. The van der Waals surface area contributed by atoms with Crippen LogP contribution in [0.1, 0.15) is 35.7 Å². The maximum atomic E-state index is 13.1. The Bertz CT molecular complexity index is 1200. The van der Waals surface area contributed by atoms with Gasteiger partial charge in [0.05, 0.1) is 15.1 Å². The summed E-state index contributed by atoms with van der Waals surface area (Å²) in [6.07, 6.45) is 3.08. The zero-order valence-corrected chi connectivity index (χ0v) is 19.5. The lowest BCUT2D eigenvalue weighted by Gasteiger charge is -2.34. The summed E-state index contributed by atoms with van der Waals surface area (Å²) in [5.74, 6) is -0.150. The van der Waals surface area contributed by atoms with Crippen molar-refractivity contribution in [3.8, 4) is 0 Å². The number of carbonyl (C=O) groups excluding carboxylic acids is 1. The maximum absolute atomic E-state index is 13.1. The van der Waals surface area contributed by atoms with E-state index >= 15 is 0 Å². The first-order valence-corrected chi connectivity index (χ1v) is 12.3. The first-order valence-electron chi connectivity index (χ1n) is 11.5. The van der Waals surface area contributed by atoms with E-state index in [1.54, 1.807) is 28.4 Å². The molecule has 2 aliphatic rings. The highest BCUT2D eigenvalue weighted by Gasteiger charge is 2.28. The standard InChI is InChI=1S/C24H27N5O3S/c1-2-17-5-7-19-22(15-17)33-24(25-19)28-13-11-27(12-14-28)23(30)18-6-8-20(21(16-18)29(31)32)26-9-3-4-10-26/h5-8,15-16H,2-4,9-14H2,1H3. The smallest absolute Gasteiger partial charge is 0.293 e. The number of benzene rings is 2. The minimum absolute atomic E-state index is 0.0160. The summed E-state index contributed by atoms with van der Waals surface area (Å²) in [7, 11) is 0. The molecule has 0 aliphatic carbocycles. The predicted molar refractivity (Wildman–Crippen MR) is 132 cm³/mol. The van der Waals surface area contributed by atoms with Gasteiger partial charge in [0.15, 0.2) is 5.13 Å². The summed E-state index contributed by atoms with van der Waals surface area (Å²) in [6.45, 7) is 6.31. The van der Waals surface area contributed by atoms with Gasteiger partial charge in [-0.15, -0.1) is 0 Å². The van der Waals surface area contributed by atoms with Crippen LogP contribution >= 0.6 is 11.3 Å². The molecule has 1 aromatic heterocycles. The van der Waals surface area contributed by atoms with Gasteiger partial charge >= 0.3 is 0 Å². The normalized spacial score (nSPS) is 16.6. The van der Waals surface area contributed by atoms with Crippen molar-refractivity contribution in [1.29, 1.82) is 0 Å². The van der Waals surface area contributed by atoms with Crippen LogP contribution in [0.3, 0.4) is 0 Å². The van der Waals surface area contributed by atoms with Gasteiger partial charge in [-0.3, -0.25) is 14.9 Å². The number of hydrogen-bond donors (Lipinski definition) is 0. The van der Waals surface area contributed by atoms with E-state index in [-0.39, 0.29) is 16.5 Å². The number of aryl methyl sites for hydroxylation is 1. The number of thiazole rings is 1. The van der Waals surface area contributed by atoms with E-state index in [2.05, 4.69) is 30.0 Å². The number of amides is 1. The lowest BCUT2D eigenvalue weighted by Crippen LogP contribution is -2.48. The van der Waals surface area contributed by atoms with E-state index in [0.717, 1.165) is 43.0 Å². The Balaban J connectivity index is 1.28. The van der Waals surface area contributed by atoms with E-state index in [0.29, 0.717) is 37.4 Å². The van der Waals surface area contributed by atoms with Gasteiger partial charge in [-0.05, 0) is 49.1 Å².